The van der Waals surface area contributed by atoms with Gasteiger partial charge in [0.05, 0.1) is 30.2 Å². The second-order valence-corrected chi connectivity index (χ2v) is 9.99. The molecule has 0 unspecified atom stereocenters. The van der Waals surface area contributed by atoms with Crippen LogP contribution in [0, 0.1) is 11.6 Å². The number of ether oxygens (including phenoxy) is 1. The number of nitrogens with zero attached hydrogens (tertiary/aromatic N) is 4. The summed E-state index contributed by atoms with van der Waals surface area (Å²) in [7, 11) is -2.34. The fourth-order valence-electron chi connectivity index (χ4n) is 4.56. The van der Waals surface area contributed by atoms with Crippen LogP contribution < -0.4 is 24.8 Å². The lowest BCUT2D eigenvalue weighted by atomic mass is 10.0. The average Bonchev–Trinajstić information content (AvgIpc) is 3.32. The van der Waals surface area contributed by atoms with Crippen LogP contribution in [-0.4, -0.2) is 49.0 Å². The number of halogens is 2. The van der Waals surface area contributed by atoms with Crippen LogP contribution >= 0.6 is 0 Å². The van der Waals surface area contributed by atoms with Crippen molar-refractivity contribution in [3.05, 3.63) is 66.6 Å². The van der Waals surface area contributed by atoms with Gasteiger partial charge in [-0.25, -0.2) is 23.9 Å². The zero-order valence-electron chi connectivity index (χ0n) is 19.9. The summed E-state index contributed by atoms with van der Waals surface area (Å²) in [5.41, 5.74) is 2.02. The smallest absolute Gasteiger partial charge is 0.274 e. The lowest BCUT2D eigenvalue weighted by molar-refractivity contribution is 0.413. The Morgan fingerprint density at radius 1 is 1.16 bits per heavy atom. The number of hydrogen-bond donors (Lipinski definition) is 3. The number of benzene rings is 2. The van der Waals surface area contributed by atoms with Crippen molar-refractivity contribution in [2.75, 3.05) is 30.4 Å². The summed E-state index contributed by atoms with van der Waals surface area (Å²) < 4.78 is 61.5. The van der Waals surface area contributed by atoms with Crippen molar-refractivity contribution in [1.82, 2.24) is 19.1 Å². The fraction of sp³-hybridized carbons (Fsp3) is 0.250. The van der Waals surface area contributed by atoms with Gasteiger partial charge < -0.3 is 19.4 Å². The van der Waals surface area contributed by atoms with Gasteiger partial charge in [0.15, 0.2) is 5.65 Å². The largest absolute Gasteiger partial charge is 0.496 e. The van der Waals surface area contributed by atoms with Gasteiger partial charge in [-0.1, -0.05) is 6.07 Å². The van der Waals surface area contributed by atoms with Crippen LogP contribution in [-0.2, 0) is 10.2 Å². The molecule has 0 saturated carbocycles. The third-order valence-corrected chi connectivity index (χ3v) is 6.86. The first-order chi connectivity index (χ1) is 17.7. The first-order valence-corrected chi connectivity index (χ1v) is 13.0. The fourth-order valence-corrected chi connectivity index (χ4v) is 5.26. The molecule has 2 aromatic carbocycles. The van der Waals surface area contributed by atoms with Crippen molar-refractivity contribution >= 4 is 33.0 Å². The quantitative estimate of drug-likeness (QED) is 0.336. The van der Waals surface area contributed by atoms with Gasteiger partial charge in [-0.2, -0.15) is 13.1 Å². The number of anilines is 3. The Morgan fingerprint density at radius 2 is 1.95 bits per heavy atom. The molecule has 13 heteroatoms. The zero-order chi connectivity index (χ0) is 26.2. The van der Waals surface area contributed by atoms with Crippen molar-refractivity contribution in [1.29, 1.82) is 0 Å². The van der Waals surface area contributed by atoms with Gasteiger partial charge in [-0.05, 0) is 43.2 Å². The number of nitrogens with two attached hydrogens (primary N) is 1. The van der Waals surface area contributed by atoms with Gasteiger partial charge in [0.25, 0.3) is 10.2 Å². The Bertz CT molecular complexity index is 1550. The molecule has 4 N–H and O–H groups in total. The van der Waals surface area contributed by atoms with Crippen LogP contribution in [0.3, 0.4) is 0 Å². The van der Waals surface area contributed by atoms with E-state index in [-0.39, 0.29) is 17.3 Å². The first-order valence-electron chi connectivity index (χ1n) is 11.5. The van der Waals surface area contributed by atoms with Gasteiger partial charge in [0.2, 0.25) is 0 Å². The third kappa shape index (κ3) is 5.33. The van der Waals surface area contributed by atoms with E-state index in [2.05, 4.69) is 20.0 Å². The molecule has 5 rings (SSSR count). The predicted molar refractivity (Wildman–Crippen MR) is 136 cm³/mol. The Kier molecular flexibility index (Phi) is 6.67. The molecule has 37 heavy (non-hydrogen) atoms. The van der Waals surface area contributed by atoms with Crippen LogP contribution in [0.1, 0.15) is 12.8 Å². The number of piperidine rings is 1. The second-order valence-electron chi connectivity index (χ2n) is 8.66. The van der Waals surface area contributed by atoms with Crippen molar-refractivity contribution < 1.29 is 21.9 Å². The molecule has 0 aliphatic carbocycles. The Balaban J connectivity index is 1.49. The average molecular weight is 530 g/mol. The zero-order valence-corrected chi connectivity index (χ0v) is 20.7. The van der Waals surface area contributed by atoms with E-state index in [9.17, 15) is 17.2 Å². The number of nitrogens with one attached hydrogen (secondary N) is 2. The monoisotopic (exact) mass is 529 g/mol. The normalized spacial score (nSPS) is 14.8. The summed E-state index contributed by atoms with van der Waals surface area (Å²) in [4.78, 5) is 11.0. The summed E-state index contributed by atoms with van der Waals surface area (Å²) >= 11 is 0. The minimum absolute atomic E-state index is 0.161. The summed E-state index contributed by atoms with van der Waals surface area (Å²) in [6.45, 7) is 1.05. The molecule has 3 heterocycles. The van der Waals surface area contributed by atoms with Crippen LogP contribution in [0.15, 0.2) is 55.0 Å². The molecule has 194 valence electrons. The van der Waals surface area contributed by atoms with Gasteiger partial charge >= 0.3 is 0 Å². The highest BCUT2D eigenvalue weighted by Gasteiger charge is 2.24. The standard InChI is InChI=1S/C24H25F2N7O3S/c1-36-20-4-2-3-17(26)22(20)23-24-28-9-12-33(24)14-21(30-23)29-18-13-15(25)5-6-19(18)32-10-7-16(8-11-32)31-37(27,34)35/h2-6,9,12-14,16,29,31H,7-8,10-11H2,1H3,(H2,27,34,35). The molecule has 0 amide bonds. The minimum atomic E-state index is -3.79. The van der Waals surface area contributed by atoms with Gasteiger partial charge in [0.1, 0.15) is 28.9 Å². The van der Waals surface area contributed by atoms with Crippen molar-refractivity contribution in [3.8, 4) is 17.0 Å². The summed E-state index contributed by atoms with van der Waals surface area (Å²) in [6, 6.07) is 8.60. The molecular weight excluding hydrogens is 504 g/mol. The molecule has 4 aromatic rings. The van der Waals surface area contributed by atoms with E-state index in [0.717, 1.165) is 0 Å². The van der Waals surface area contributed by atoms with E-state index in [1.165, 1.54) is 25.3 Å². The van der Waals surface area contributed by atoms with E-state index in [1.807, 2.05) is 4.90 Å². The van der Waals surface area contributed by atoms with Crippen molar-refractivity contribution in [3.63, 3.8) is 0 Å². The number of aromatic nitrogens is 3. The van der Waals surface area contributed by atoms with Crippen molar-refractivity contribution in [2.24, 2.45) is 5.14 Å². The molecule has 0 radical (unpaired) electrons. The maximum atomic E-state index is 14.9. The minimum Gasteiger partial charge on any atom is -0.496 e. The first kappa shape index (κ1) is 24.9. The van der Waals surface area contributed by atoms with E-state index in [0.29, 0.717) is 54.5 Å². The Labute approximate surface area is 212 Å². The Morgan fingerprint density at radius 3 is 2.68 bits per heavy atom. The number of hydrogen-bond acceptors (Lipinski definition) is 7. The van der Waals surface area contributed by atoms with E-state index in [1.54, 1.807) is 41.2 Å². The van der Waals surface area contributed by atoms with Crippen molar-refractivity contribution in [2.45, 2.75) is 18.9 Å². The lowest BCUT2D eigenvalue weighted by Gasteiger charge is -2.34. The molecule has 1 aliphatic rings. The summed E-state index contributed by atoms with van der Waals surface area (Å²) in [5.74, 6) is -0.326. The van der Waals surface area contributed by atoms with E-state index in [4.69, 9.17) is 9.88 Å². The molecule has 0 atom stereocenters. The SMILES string of the molecule is COc1cccc(F)c1-c1nc(Nc2cc(F)ccc2N2CCC(NS(N)(=O)=O)CC2)cn2ccnc12. The van der Waals surface area contributed by atoms with Gasteiger partial charge in [-0.15, -0.1) is 0 Å². The van der Waals surface area contributed by atoms with Crippen LogP contribution in [0.5, 0.6) is 5.75 Å². The number of fused-ring (bicyclic) bond motifs is 1. The predicted octanol–water partition coefficient (Wildman–Crippen LogP) is 3.19. The molecule has 0 bridgehead atoms. The molecule has 1 saturated heterocycles. The topological polar surface area (TPSA) is 127 Å². The third-order valence-electron chi connectivity index (χ3n) is 6.19. The Hall–Kier alpha value is -3.81. The highest BCUT2D eigenvalue weighted by Crippen LogP contribution is 2.36. The highest BCUT2D eigenvalue weighted by molar-refractivity contribution is 7.87. The molecule has 1 aliphatic heterocycles. The number of imidazole rings is 1. The van der Waals surface area contributed by atoms with Crippen LogP contribution in [0.25, 0.3) is 16.9 Å². The maximum Gasteiger partial charge on any atom is 0.274 e. The van der Waals surface area contributed by atoms with Gasteiger partial charge in [-0.3, -0.25) is 0 Å². The number of methoxy groups -OCH3 is 1. The highest BCUT2D eigenvalue weighted by atomic mass is 32.2. The molecular formula is C24H25F2N7O3S. The molecule has 1 fully saturated rings. The molecule has 2 aromatic heterocycles. The number of rotatable bonds is 7. The molecule has 10 nitrogen and oxygen atoms in total. The summed E-state index contributed by atoms with van der Waals surface area (Å²) in [5, 5.41) is 8.28. The van der Waals surface area contributed by atoms with Gasteiger partial charge in [0, 0.05) is 31.5 Å². The van der Waals surface area contributed by atoms with E-state index >= 15 is 0 Å². The van der Waals surface area contributed by atoms with Crippen LogP contribution in [0.2, 0.25) is 0 Å². The second kappa shape index (κ2) is 9.92. The molecule has 0 spiro atoms. The van der Waals surface area contributed by atoms with E-state index < -0.39 is 21.8 Å². The summed E-state index contributed by atoms with van der Waals surface area (Å²) in [6.07, 6.45) is 6.02. The van der Waals surface area contributed by atoms with Crippen LogP contribution in [0.4, 0.5) is 26.0 Å². The lowest BCUT2D eigenvalue weighted by Crippen LogP contribution is -2.46. The maximum absolute atomic E-state index is 14.9.